The standard InChI is InChI=1S/C23H26N4OS/c1-2-12-27-21-11-7-6-10-20(21)24-23(27)29-18-22(28)26-15-13-25(14-16-26)17-19-8-4-3-5-9-19/h2-11H,1,12-18H2. The average molecular weight is 407 g/mol. The lowest BCUT2D eigenvalue weighted by Crippen LogP contribution is -2.48. The SMILES string of the molecule is C=CCn1c(SCC(=O)N2CCN(Cc3ccccc3)CC2)nc2ccccc21. The van der Waals surface area contributed by atoms with Crippen LogP contribution in [0.25, 0.3) is 11.0 Å². The Hall–Kier alpha value is -2.57. The third-order valence-electron chi connectivity index (χ3n) is 5.23. The smallest absolute Gasteiger partial charge is 0.233 e. The van der Waals surface area contributed by atoms with E-state index >= 15 is 0 Å². The van der Waals surface area contributed by atoms with Gasteiger partial charge in [-0.3, -0.25) is 9.69 Å². The topological polar surface area (TPSA) is 41.4 Å². The molecule has 0 spiro atoms. The van der Waals surface area contributed by atoms with E-state index in [1.165, 1.54) is 17.3 Å². The lowest BCUT2D eigenvalue weighted by atomic mass is 10.2. The van der Waals surface area contributed by atoms with Crippen molar-refractivity contribution in [1.82, 2.24) is 19.4 Å². The molecule has 0 unspecified atom stereocenters. The summed E-state index contributed by atoms with van der Waals surface area (Å²) in [5.74, 6) is 0.602. The van der Waals surface area contributed by atoms with Crippen LogP contribution in [0.1, 0.15) is 5.56 Å². The highest BCUT2D eigenvalue weighted by molar-refractivity contribution is 7.99. The van der Waals surface area contributed by atoms with Gasteiger partial charge in [-0.2, -0.15) is 0 Å². The van der Waals surface area contributed by atoms with Crippen LogP contribution in [0.3, 0.4) is 0 Å². The lowest BCUT2D eigenvalue weighted by Gasteiger charge is -2.34. The second-order valence-electron chi connectivity index (χ2n) is 7.21. The Bertz CT molecular complexity index is 977. The van der Waals surface area contributed by atoms with Crippen molar-refractivity contribution in [2.75, 3.05) is 31.9 Å². The van der Waals surface area contributed by atoms with Gasteiger partial charge in [-0.1, -0.05) is 60.3 Å². The molecule has 6 heteroatoms. The molecule has 0 N–H and O–H groups in total. The van der Waals surface area contributed by atoms with Crippen molar-refractivity contribution in [1.29, 1.82) is 0 Å². The van der Waals surface area contributed by atoms with Crippen molar-refractivity contribution < 1.29 is 4.79 Å². The van der Waals surface area contributed by atoms with Crippen molar-refractivity contribution >= 4 is 28.7 Å². The number of para-hydroxylation sites is 2. The van der Waals surface area contributed by atoms with Crippen molar-refractivity contribution in [3.63, 3.8) is 0 Å². The summed E-state index contributed by atoms with van der Waals surface area (Å²) in [6, 6.07) is 18.6. The third kappa shape index (κ3) is 4.71. The molecule has 2 aromatic carbocycles. The molecular formula is C23H26N4OS. The lowest BCUT2D eigenvalue weighted by molar-refractivity contribution is -0.130. The molecule has 0 bridgehead atoms. The fourth-order valence-corrected chi connectivity index (χ4v) is 4.61. The molecule has 1 aromatic heterocycles. The number of thioether (sulfide) groups is 1. The number of carbonyl (C=O) groups excluding carboxylic acids is 1. The van der Waals surface area contributed by atoms with E-state index in [2.05, 4.69) is 46.4 Å². The normalized spacial score (nSPS) is 15.0. The predicted octanol–water partition coefficient (Wildman–Crippen LogP) is 3.66. The Labute approximate surface area is 176 Å². The van der Waals surface area contributed by atoms with E-state index < -0.39 is 0 Å². The van der Waals surface area contributed by atoms with Crippen LogP contribution in [0.5, 0.6) is 0 Å². The molecule has 0 aliphatic carbocycles. The predicted molar refractivity (Wildman–Crippen MR) is 119 cm³/mol. The summed E-state index contributed by atoms with van der Waals surface area (Å²) in [6.07, 6.45) is 1.87. The zero-order valence-electron chi connectivity index (χ0n) is 16.5. The van der Waals surface area contributed by atoms with E-state index in [9.17, 15) is 4.79 Å². The number of hydrogen-bond donors (Lipinski definition) is 0. The van der Waals surface area contributed by atoms with Gasteiger partial charge < -0.3 is 9.47 Å². The number of imidazole rings is 1. The van der Waals surface area contributed by atoms with Gasteiger partial charge in [0.05, 0.1) is 16.8 Å². The first kappa shape index (κ1) is 19.7. The molecule has 3 aromatic rings. The molecule has 0 atom stereocenters. The van der Waals surface area contributed by atoms with Crippen LogP contribution in [0.15, 0.2) is 72.4 Å². The first-order valence-electron chi connectivity index (χ1n) is 9.97. The molecule has 1 saturated heterocycles. The number of fused-ring (bicyclic) bond motifs is 1. The second kappa shape index (κ2) is 9.29. The number of amides is 1. The van der Waals surface area contributed by atoms with Gasteiger partial charge in [-0.15, -0.1) is 6.58 Å². The van der Waals surface area contributed by atoms with E-state index in [1.807, 2.05) is 35.2 Å². The number of benzene rings is 2. The Morgan fingerprint density at radius 2 is 1.76 bits per heavy atom. The van der Waals surface area contributed by atoms with E-state index in [0.717, 1.165) is 48.9 Å². The highest BCUT2D eigenvalue weighted by Gasteiger charge is 2.22. The fraction of sp³-hybridized carbons (Fsp3) is 0.304. The molecule has 150 valence electrons. The molecule has 1 aliphatic heterocycles. The number of rotatable bonds is 7. The molecule has 2 heterocycles. The maximum absolute atomic E-state index is 12.8. The monoisotopic (exact) mass is 406 g/mol. The summed E-state index contributed by atoms with van der Waals surface area (Å²) in [5.41, 5.74) is 3.36. The van der Waals surface area contributed by atoms with Gasteiger partial charge >= 0.3 is 0 Å². The van der Waals surface area contributed by atoms with Crippen LogP contribution < -0.4 is 0 Å². The van der Waals surface area contributed by atoms with Crippen LogP contribution in [-0.4, -0.2) is 57.2 Å². The Balaban J connectivity index is 1.32. The molecule has 0 radical (unpaired) electrons. The number of nitrogens with zero attached hydrogens (tertiary/aromatic N) is 4. The Morgan fingerprint density at radius 3 is 2.52 bits per heavy atom. The van der Waals surface area contributed by atoms with Gasteiger partial charge in [-0.05, 0) is 17.7 Å². The molecular weight excluding hydrogens is 380 g/mol. The van der Waals surface area contributed by atoms with Gasteiger partial charge in [0.2, 0.25) is 5.91 Å². The summed E-state index contributed by atoms with van der Waals surface area (Å²) in [5, 5.41) is 0.877. The summed E-state index contributed by atoms with van der Waals surface area (Å²) in [4.78, 5) is 21.9. The van der Waals surface area contributed by atoms with Crippen LogP contribution in [0.4, 0.5) is 0 Å². The first-order valence-corrected chi connectivity index (χ1v) is 11.0. The minimum Gasteiger partial charge on any atom is -0.339 e. The van der Waals surface area contributed by atoms with Crippen molar-refractivity contribution in [3.05, 3.63) is 72.8 Å². The number of aromatic nitrogens is 2. The minimum absolute atomic E-state index is 0.187. The molecule has 5 nitrogen and oxygen atoms in total. The van der Waals surface area contributed by atoms with Gasteiger partial charge in [0.1, 0.15) is 0 Å². The molecule has 0 saturated carbocycles. The maximum Gasteiger partial charge on any atom is 0.233 e. The van der Waals surface area contributed by atoms with Crippen molar-refractivity contribution in [2.24, 2.45) is 0 Å². The van der Waals surface area contributed by atoms with Gasteiger partial charge in [-0.25, -0.2) is 4.98 Å². The number of carbonyl (C=O) groups is 1. The van der Waals surface area contributed by atoms with Gasteiger partial charge in [0.25, 0.3) is 0 Å². The summed E-state index contributed by atoms with van der Waals surface area (Å²) >= 11 is 1.52. The van der Waals surface area contributed by atoms with E-state index in [4.69, 9.17) is 4.98 Å². The maximum atomic E-state index is 12.8. The average Bonchev–Trinajstić information content (AvgIpc) is 3.11. The van der Waals surface area contributed by atoms with E-state index in [0.29, 0.717) is 12.3 Å². The largest absolute Gasteiger partial charge is 0.339 e. The van der Waals surface area contributed by atoms with Crippen LogP contribution in [0.2, 0.25) is 0 Å². The van der Waals surface area contributed by atoms with Crippen LogP contribution >= 0.6 is 11.8 Å². The fourth-order valence-electron chi connectivity index (χ4n) is 3.68. The summed E-state index contributed by atoms with van der Waals surface area (Å²) < 4.78 is 2.12. The summed E-state index contributed by atoms with van der Waals surface area (Å²) in [6.45, 7) is 8.90. The number of allylic oxidation sites excluding steroid dienone is 1. The van der Waals surface area contributed by atoms with Gasteiger partial charge in [0.15, 0.2) is 5.16 Å². The quantitative estimate of drug-likeness (QED) is 0.444. The van der Waals surface area contributed by atoms with Gasteiger partial charge in [0, 0.05) is 39.3 Å². The van der Waals surface area contributed by atoms with Crippen molar-refractivity contribution in [3.8, 4) is 0 Å². The zero-order valence-corrected chi connectivity index (χ0v) is 17.4. The second-order valence-corrected chi connectivity index (χ2v) is 8.16. The van der Waals surface area contributed by atoms with E-state index in [-0.39, 0.29) is 5.91 Å². The van der Waals surface area contributed by atoms with Crippen LogP contribution in [-0.2, 0) is 17.9 Å². The Morgan fingerprint density at radius 1 is 1.03 bits per heavy atom. The highest BCUT2D eigenvalue weighted by Crippen LogP contribution is 2.24. The molecule has 1 amide bonds. The highest BCUT2D eigenvalue weighted by atomic mass is 32.2. The first-order chi connectivity index (χ1) is 14.2. The molecule has 4 rings (SSSR count). The summed E-state index contributed by atoms with van der Waals surface area (Å²) in [7, 11) is 0. The number of hydrogen-bond acceptors (Lipinski definition) is 4. The van der Waals surface area contributed by atoms with Crippen molar-refractivity contribution in [2.45, 2.75) is 18.2 Å². The molecule has 29 heavy (non-hydrogen) atoms. The molecule has 1 aliphatic rings. The Kier molecular flexibility index (Phi) is 6.32. The van der Waals surface area contributed by atoms with Crippen LogP contribution in [0, 0.1) is 0 Å². The zero-order chi connectivity index (χ0) is 20.1. The number of piperazine rings is 1. The van der Waals surface area contributed by atoms with E-state index in [1.54, 1.807) is 0 Å². The molecule has 1 fully saturated rings. The minimum atomic E-state index is 0.187. The third-order valence-corrected chi connectivity index (χ3v) is 6.19.